The molecule has 0 radical (unpaired) electrons. The van der Waals surface area contributed by atoms with E-state index in [2.05, 4.69) is 10.9 Å². The molecule has 2 N–H and O–H groups in total. The molecule has 0 spiro atoms. The third-order valence-electron chi connectivity index (χ3n) is 3.80. The molecule has 3 aromatic rings. The van der Waals surface area contributed by atoms with Crippen molar-refractivity contribution in [3.05, 3.63) is 71.9 Å². The quantitative estimate of drug-likeness (QED) is 0.701. The Morgan fingerprint density at radius 1 is 1.00 bits per heavy atom. The Kier molecular flexibility index (Phi) is 5.11. The normalized spacial score (nSPS) is 10.6. The fourth-order valence-electron chi connectivity index (χ4n) is 2.59. The Labute approximate surface area is 145 Å². The van der Waals surface area contributed by atoms with Crippen LogP contribution < -0.4 is 10.9 Å². The number of aryl methyl sites for hydroxylation is 1. The number of amides is 2. The van der Waals surface area contributed by atoms with Crippen LogP contribution in [0.1, 0.15) is 15.9 Å². The van der Waals surface area contributed by atoms with Gasteiger partial charge in [0.05, 0.1) is 12.2 Å². The van der Waals surface area contributed by atoms with Crippen molar-refractivity contribution in [3.8, 4) is 0 Å². The second-order valence-corrected chi connectivity index (χ2v) is 5.65. The van der Waals surface area contributed by atoms with E-state index in [4.69, 9.17) is 4.74 Å². The van der Waals surface area contributed by atoms with Gasteiger partial charge in [0.15, 0.2) is 0 Å². The summed E-state index contributed by atoms with van der Waals surface area (Å²) in [6.45, 7) is 0.205. The van der Waals surface area contributed by atoms with Crippen LogP contribution >= 0.6 is 0 Å². The van der Waals surface area contributed by atoms with E-state index >= 15 is 0 Å². The number of aromatic nitrogens is 1. The van der Waals surface area contributed by atoms with Gasteiger partial charge in [-0.2, -0.15) is 0 Å². The molecule has 0 saturated carbocycles. The summed E-state index contributed by atoms with van der Waals surface area (Å²) in [7, 11) is 1.87. The van der Waals surface area contributed by atoms with Crippen LogP contribution in [-0.2, 0) is 23.2 Å². The number of benzene rings is 2. The summed E-state index contributed by atoms with van der Waals surface area (Å²) >= 11 is 0. The van der Waals surface area contributed by atoms with Gasteiger partial charge in [0.1, 0.15) is 6.61 Å². The average molecular weight is 337 g/mol. The molecule has 25 heavy (non-hydrogen) atoms. The van der Waals surface area contributed by atoms with Gasteiger partial charge in [0.2, 0.25) is 0 Å². The van der Waals surface area contributed by atoms with Gasteiger partial charge in [-0.3, -0.25) is 20.4 Å². The second kappa shape index (κ2) is 7.63. The molecule has 0 fully saturated rings. The van der Waals surface area contributed by atoms with E-state index in [-0.39, 0.29) is 12.5 Å². The molecule has 1 heterocycles. The van der Waals surface area contributed by atoms with Crippen molar-refractivity contribution >= 4 is 22.7 Å². The summed E-state index contributed by atoms with van der Waals surface area (Å²) in [5.74, 6) is -0.780. The van der Waals surface area contributed by atoms with Crippen LogP contribution in [0, 0.1) is 0 Å². The van der Waals surface area contributed by atoms with Gasteiger partial charge in [-0.25, -0.2) is 0 Å². The molecule has 0 aliphatic rings. The minimum absolute atomic E-state index is 0.134. The van der Waals surface area contributed by atoms with E-state index in [1.54, 1.807) is 6.20 Å². The molecule has 3 rings (SSSR count). The van der Waals surface area contributed by atoms with Crippen LogP contribution in [0.3, 0.4) is 0 Å². The maximum atomic E-state index is 12.3. The molecule has 6 nitrogen and oxygen atoms in total. The number of rotatable bonds is 5. The highest BCUT2D eigenvalue weighted by atomic mass is 16.5. The van der Waals surface area contributed by atoms with Gasteiger partial charge < -0.3 is 9.30 Å². The summed E-state index contributed by atoms with van der Waals surface area (Å²) in [6.07, 6.45) is 1.73. The maximum absolute atomic E-state index is 12.3. The van der Waals surface area contributed by atoms with Crippen LogP contribution in [0.5, 0.6) is 0 Å². The molecule has 0 aliphatic heterocycles. The number of carbonyl (C=O) groups is 2. The van der Waals surface area contributed by atoms with Gasteiger partial charge in [-0.15, -0.1) is 0 Å². The third kappa shape index (κ3) is 4.05. The van der Waals surface area contributed by atoms with E-state index in [1.807, 2.05) is 66.2 Å². The monoisotopic (exact) mass is 337 g/mol. The molecule has 128 valence electrons. The third-order valence-corrected chi connectivity index (χ3v) is 3.80. The van der Waals surface area contributed by atoms with Crippen LogP contribution in [0.4, 0.5) is 0 Å². The number of hydrogen-bond acceptors (Lipinski definition) is 3. The molecule has 0 saturated heterocycles. The number of nitrogens with one attached hydrogen (secondary N) is 2. The highest BCUT2D eigenvalue weighted by molar-refractivity contribution is 6.07. The first-order valence-electron chi connectivity index (χ1n) is 7.90. The van der Waals surface area contributed by atoms with Crippen LogP contribution in [0.2, 0.25) is 0 Å². The first kappa shape index (κ1) is 16.7. The number of fused-ring (bicyclic) bond motifs is 1. The summed E-state index contributed by atoms with van der Waals surface area (Å²) in [5.41, 5.74) is 7.22. The summed E-state index contributed by atoms with van der Waals surface area (Å²) in [4.78, 5) is 24.1. The Hall–Kier alpha value is -3.12. The van der Waals surface area contributed by atoms with E-state index < -0.39 is 5.91 Å². The van der Waals surface area contributed by atoms with Crippen LogP contribution in [0.25, 0.3) is 10.9 Å². The van der Waals surface area contributed by atoms with Gasteiger partial charge in [0.25, 0.3) is 11.8 Å². The Morgan fingerprint density at radius 2 is 1.72 bits per heavy atom. The molecule has 2 amide bonds. The van der Waals surface area contributed by atoms with Gasteiger partial charge in [-0.05, 0) is 11.6 Å². The number of ether oxygens (including phenoxy) is 1. The standard InChI is InChI=1S/C19H19N3O3/c1-22-11-16(15-9-5-6-10-17(15)22)19(24)21-20-18(23)13-25-12-14-7-3-2-4-8-14/h2-11H,12-13H2,1H3,(H,20,23)(H,21,24). The zero-order valence-electron chi connectivity index (χ0n) is 13.9. The number of carbonyl (C=O) groups excluding carboxylic acids is 2. The highest BCUT2D eigenvalue weighted by Gasteiger charge is 2.14. The van der Waals surface area contributed by atoms with Crippen LogP contribution in [-0.4, -0.2) is 23.0 Å². The van der Waals surface area contributed by atoms with Crippen molar-refractivity contribution < 1.29 is 14.3 Å². The number of hydrogen-bond donors (Lipinski definition) is 2. The number of hydrazine groups is 1. The lowest BCUT2D eigenvalue weighted by Gasteiger charge is -2.07. The second-order valence-electron chi connectivity index (χ2n) is 5.65. The summed E-state index contributed by atoms with van der Waals surface area (Å²) < 4.78 is 7.20. The predicted octanol–water partition coefficient (Wildman–Crippen LogP) is 2.16. The minimum atomic E-state index is -0.412. The number of para-hydroxylation sites is 1. The Bertz CT molecular complexity index is 887. The van der Waals surface area contributed by atoms with Crippen molar-refractivity contribution in [1.82, 2.24) is 15.4 Å². The summed E-state index contributed by atoms with van der Waals surface area (Å²) in [6, 6.07) is 17.1. The predicted molar refractivity (Wildman–Crippen MR) is 94.6 cm³/mol. The highest BCUT2D eigenvalue weighted by Crippen LogP contribution is 2.19. The Balaban J connectivity index is 1.50. The van der Waals surface area contributed by atoms with Gasteiger partial charge >= 0.3 is 0 Å². The van der Waals surface area contributed by atoms with Gasteiger partial charge in [0, 0.05) is 24.1 Å². The molecule has 2 aromatic carbocycles. The molecule has 0 unspecified atom stereocenters. The molecule has 0 atom stereocenters. The van der Waals surface area contributed by atoms with Crippen molar-refractivity contribution in [2.75, 3.05) is 6.61 Å². The topological polar surface area (TPSA) is 72.4 Å². The fourth-order valence-corrected chi connectivity index (χ4v) is 2.59. The average Bonchev–Trinajstić information content (AvgIpc) is 2.98. The lowest BCUT2D eigenvalue weighted by Crippen LogP contribution is -2.43. The first-order chi connectivity index (χ1) is 12.1. The molecular formula is C19H19N3O3. The zero-order chi connectivity index (χ0) is 17.6. The Morgan fingerprint density at radius 3 is 2.52 bits per heavy atom. The van der Waals surface area contributed by atoms with Crippen molar-refractivity contribution in [2.45, 2.75) is 6.61 Å². The SMILES string of the molecule is Cn1cc(C(=O)NNC(=O)COCc2ccccc2)c2ccccc21. The molecule has 1 aromatic heterocycles. The van der Waals surface area contributed by atoms with Gasteiger partial charge in [-0.1, -0.05) is 48.5 Å². The van der Waals surface area contributed by atoms with E-state index in [9.17, 15) is 9.59 Å². The molecule has 6 heteroatoms. The maximum Gasteiger partial charge on any atom is 0.271 e. The fraction of sp³-hybridized carbons (Fsp3) is 0.158. The van der Waals surface area contributed by atoms with E-state index in [0.29, 0.717) is 12.2 Å². The lowest BCUT2D eigenvalue weighted by atomic mass is 10.2. The van der Waals surface area contributed by atoms with E-state index in [0.717, 1.165) is 16.5 Å². The molecular weight excluding hydrogens is 318 g/mol. The largest absolute Gasteiger partial charge is 0.367 e. The lowest BCUT2D eigenvalue weighted by molar-refractivity contribution is -0.126. The van der Waals surface area contributed by atoms with Crippen molar-refractivity contribution in [3.63, 3.8) is 0 Å². The van der Waals surface area contributed by atoms with Crippen LogP contribution in [0.15, 0.2) is 60.8 Å². The minimum Gasteiger partial charge on any atom is -0.367 e. The molecule has 0 bridgehead atoms. The smallest absolute Gasteiger partial charge is 0.271 e. The van der Waals surface area contributed by atoms with E-state index in [1.165, 1.54) is 0 Å². The number of nitrogens with zero attached hydrogens (tertiary/aromatic N) is 1. The molecule has 0 aliphatic carbocycles. The van der Waals surface area contributed by atoms with Crippen molar-refractivity contribution in [2.24, 2.45) is 7.05 Å². The van der Waals surface area contributed by atoms with Crippen molar-refractivity contribution in [1.29, 1.82) is 0 Å². The zero-order valence-corrected chi connectivity index (χ0v) is 13.9. The summed E-state index contributed by atoms with van der Waals surface area (Å²) in [5, 5.41) is 0.831. The first-order valence-corrected chi connectivity index (χ1v) is 7.90.